The number of rotatable bonds is 5. The van der Waals surface area contributed by atoms with E-state index in [1.54, 1.807) is 6.20 Å². The van der Waals surface area contributed by atoms with Crippen molar-refractivity contribution in [1.82, 2.24) is 25.0 Å². The molecule has 3 heterocycles. The van der Waals surface area contributed by atoms with Crippen LogP contribution in [0.25, 0.3) is 22.6 Å². The van der Waals surface area contributed by atoms with E-state index in [4.69, 9.17) is 4.52 Å². The zero-order valence-corrected chi connectivity index (χ0v) is 20.1. The van der Waals surface area contributed by atoms with E-state index in [9.17, 15) is 26.3 Å². The first kappa shape index (κ1) is 26.0. The summed E-state index contributed by atoms with van der Waals surface area (Å²) in [5.74, 6) is 1.31. The average Bonchev–Trinajstić information content (AvgIpc) is 3.55. The minimum Gasteiger partial charge on any atom is -0.342 e. The van der Waals surface area contributed by atoms with Crippen LogP contribution in [-0.2, 0) is 18.9 Å². The Bertz CT molecular complexity index is 1390. The number of aromatic amines is 1. The highest BCUT2D eigenvalue weighted by Crippen LogP contribution is 2.34. The van der Waals surface area contributed by atoms with E-state index in [0.29, 0.717) is 30.2 Å². The van der Waals surface area contributed by atoms with E-state index in [-0.39, 0.29) is 23.3 Å². The summed E-state index contributed by atoms with van der Waals surface area (Å²) in [6.07, 6.45) is -5.67. The van der Waals surface area contributed by atoms with Gasteiger partial charge in [0.15, 0.2) is 0 Å². The van der Waals surface area contributed by atoms with Crippen molar-refractivity contribution in [2.24, 2.45) is 0 Å². The van der Waals surface area contributed by atoms with Crippen molar-refractivity contribution in [3.63, 3.8) is 0 Å². The number of aromatic nitrogens is 4. The van der Waals surface area contributed by atoms with Crippen molar-refractivity contribution in [2.45, 2.75) is 50.6 Å². The predicted octanol–water partition coefficient (Wildman–Crippen LogP) is 6.93. The number of piperidine rings is 1. The first-order valence-electron chi connectivity index (χ1n) is 11.9. The van der Waals surface area contributed by atoms with Crippen LogP contribution in [0.5, 0.6) is 0 Å². The summed E-state index contributed by atoms with van der Waals surface area (Å²) in [6, 6.07) is 9.84. The number of hydrogen-bond acceptors (Lipinski definition) is 5. The summed E-state index contributed by atoms with van der Waals surface area (Å²) in [6.45, 7) is 3.11. The highest BCUT2D eigenvalue weighted by molar-refractivity contribution is 5.59. The monoisotopic (exact) mass is 535 g/mol. The van der Waals surface area contributed by atoms with Crippen LogP contribution in [0, 0.1) is 0 Å². The third kappa shape index (κ3) is 5.59. The Balaban J connectivity index is 1.21. The normalized spacial score (nSPS) is 19.1. The van der Waals surface area contributed by atoms with E-state index in [1.165, 1.54) is 24.3 Å². The van der Waals surface area contributed by atoms with Crippen molar-refractivity contribution < 1.29 is 30.9 Å². The molecule has 200 valence electrons. The Morgan fingerprint density at radius 3 is 2.39 bits per heavy atom. The maximum Gasteiger partial charge on any atom is 0.416 e. The minimum absolute atomic E-state index is 0.0972. The van der Waals surface area contributed by atoms with Crippen LogP contribution in [0.15, 0.2) is 59.3 Å². The molecule has 1 aliphatic heterocycles. The molecule has 0 aliphatic carbocycles. The highest BCUT2D eigenvalue weighted by Gasteiger charge is 2.32. The SMILES string of the molecule is C[C@@H]1C[C@H](c2ncc(-c3ccc(C(F)(F)F)cc3)[nH]2)CCN1Cc1nc(-c2cccc(C(F)(F)F)c2)no1. The molecule has 0 radical (unpaired) electrons. The van der Waals surface area contributed by atoms with E-state index in [1.807, 2.05) is 0 Å². The molecule has 0 amide bonds. The fourth-order valence-corrected chi connectivity index (χ4v) is 4.68. The molecule has 2 aromatic heterocycles. The smallest absolute Gasteiger partial charge is 0.342 e. The average molecular weight is 535 g/mol. The summed E-state index contributed by atoms with van der Waals surface area (Å²) in [7, 11) is 0. The molecule has 0 spiro atoms. The summed E-state index contributed by atoms with van der Waals surface area (Å²) in [4.78, 5) is 14.2. The molecular weight excluding hydrogens is 512 g/mol. The van der Waals surface area contributed by atoms with E-state index < -0.39 is 23.5 Å². The molecule has 1 fully saturated rings. The maximum absolute atomic E-state index is 13.0. The van der Waals surface area contributed by atoms with Crippen molar-refractivity contribution in [1.29, 1.82) is 0 Å². The van der Waals surface area contributed by atoms with Gasteiger partial charge >= 0.3 is 12.4 Å². The van der Waals surface area contributed by atoms with Gasteiger partial charge in [0, 0.05) is 17.5 Å². The number of nitrogens with one attached hydrogen (secondary N) is 1. The number of H-pyrrole nitrogens is 1. The first-order chi connectivity index (χ1) is 18.0. The second kappa shape index (κ2) is 9.90. The fraction of sp³-hybridized carbons (Fsp3) is 0.346. The number of likely N-dealkylation sites (tertiary alicyclic amines) is 1. The molecule has 0 bridgehead atoms. The maximum atomic E-state index is 13.0. The number of imidazole rings is 1. The van der Waals surface area contributed by atoms with Crippen LogP contribution in [0.4, 0.5) is 26.3 Å². The predicted molar refractivity (Wildman–Crippen MR) is 126 cm³/mol. The van der Waals surface area contributed by atoms with E-state index >= 15 is 0 Å². The van der Waals surface area contributed by atoms with Crippen LogP contribution >= 0.6 is 0 Å². The summed E-state index contributed by atoms with van der Waals surface area (Å²) in [5.41, 5.74) is 0.0112. The molecule has 2 aromatic carbocycles. The fourth-order valence-electron chi connectivity index (χ4n) is 4.68. The molecule has 0 saturated carbocycles. The molecule has 6 nitrogen and oxygen atoms in total. The highest BCUT2D eigenvalue weighted by atomic mass is 19.4. The van der Waals surface area contributed by atoms with Gasteiger partial charge in [-0.1, -0.05) is 29.4 Å². The molecule has 2 atom stereocenters. The first-order valence-corrected chi connectivity index (χ1v) is 11.9. The van der Waals surface area contributed by atoms with Gasteiger partial charge in [-0.15, -0.1) is 0 Å². The second-order valence-corrected chi connectivity index (χ2v) is 9.39. The van der Waals surface area contributed by atoms with Gasteiger partial charge < -0.3 is 9.51 Å². The standard InChI is InChI=1S/C26H23F6N5O/c1-15-11-18(23-33-13-21(34-23)16-5-7-19(8-6-16)25(27,28)29)9-10-37(15)14-22-35-24(36-38-22)17-3-2-4-20(12-17)26(30,31)32/h2-8,12-13,15,18H,9-11,14H2,1H3,(H,33,34)/t15-,18-/m1/s1. The number of halogens is 6. The van der Waals surface area contributed by atoms with Gasteiger partial charge in [-0.25, -0.2) is 4.98 Å². The molecule has 12 heteroatoms. The number of benzene rings is 2. The number of alkyl halides is 6. The van der Waals surface area contributed by atoms with E-state index in [0.717, 1.165) is 42.9 Å². The largest absolute Gasteiger partial charge is 0.416 e. The molecule has 1 aliphatic rings. The summed E-state index contributed by atoms with van der Waals surface area (Å²) < 4.78 is 82.9. The lowest BCUT2D eigenvalue weighted by Crippen LogP contribution is -2.39. The molecule has 5 rings (SSSR count). The van der Waals surface area contributed by atoms with Gasteiger partial charge in [0.05, 0.1) is 29.6 Å². The Labute approximate surface area is 213 Å². The molecule has 0 unspecified atom stereocenters. The molecule has 1 saturated heterocycles. The topological polar surface area (TPSA) is 70.8 Å². The Kier molecular flexibility index (Phi) is 6.76. The van der Waals surface area contributed by atoms with Crippen molar-refractivity contribution in [2.75, 3.05) is 6.54 Å². The lowest BCUT2D eigenvalue weighted by atomic mass is 9.91. The van der Waals surface area contributed by atoms with Gasteiger partial charge in [0.1, 0.15) is 5.82 Å². The minimum atomic E-state index is -4.46. The van der Waals surface area contributed by atoms with Crippen LogP contribution in [-0.4, -0.2) is 37.6 Å². The van der Waals surface area contributed by atoms with Crippen molar-refractivity contribution >= 4 is 0 Å². The molecule has 4 aromatic rings. The molecule has 1 N–H and O–H groups in total. The zero-order chi connectivity index (χ0) is 27.1. The lowest BCUT2D eigenvalue weighted by molar-refractivity contribution is -0.138. The number of nitrogens with zero attached hydrogens (tertiary/aromatic N) is 4. The third-order valence-electron chi connectivity index (χ3n) is 6.77. The molecule has 38 heavy (non-hydrogen) atoms. The van der Waals surface area contributed by atoms with Gasteiger partial charge in [-0.05, 0) is 56.1 Å². The van der Waals surface area contributed by atoms with Crippen molar-refractivity contribution in [3.8, 4) is 22.6 Å². The van der Waals surface area contributed by atoms with Gasteiger partial charge in [-0.3, -0.25) is 4.90 Å². The van der Waals surface area contributed by atoms with Gasteiger partial charge in [0.25, 0.3) is 0 Å². The lowest BCUT2D eigenvalue weighted by Gasteiger charge is -2.36. The summed E-state index contributed by atoms with van der Waals surface area (Å²) in [5, 5.41) is 3.86. The second-order valence-electron chi connectivity index (χ2n) is 9.39. The van der Waals surface area contributed by atoms with E-state index in [2.05, 4.69) is 31.9 Å². The third-order valence-corrected chi connectivity index (χ3v) is 6.77. The van der Waals surface area contributed by atoms with Gasteiger partial charge in [-0.2, -0.15) is 31.3 Å². The van der Waals surface area contributed by atoms with Crippen LogP contribution in [0.3, 0.4) is 0 Å². The van der Waals surface area contributed by atoms with Crippen LogP contribution < -0.4 is 0 Å². The van der Waals surface area contributed by atoms with Crippen LogP contribution in [0.1, 0.15) is 48.5 Å². The Morgan fingerprint density at radius 1 is 0.974 bits per heavy atom. The zero-order valence-electron chi connectivity index (χ0n) is 20.1. The summed E-state index contributed by atoms with van der Waals surface area (Å²) >= 11 is 0. The quantitative estimate of drug-likeness (QED) is 0.281. The molecular formula is C26H23F6N5O. The van der Waals surface area contributed by atoms with Crippen molar-refractivity contribution in [3.05, 3.63) is 77.6 Å². The van der Waals surface area contributed by atoms with Crippen LogP contribution in [0.2, 0.25) is 0 Å². The number of hydrogen-bond donors (Lipinski definition) is 1. The Morgan fingerprint density at radius 2 is 1.71 bits per heavy atom. The Hall–Kier alpha value is -3.67. The van der Waals surface area contributed by atoms with Gasteiger partial charge in [0.2, 0.25) is 11.7 Å².